The van der Waals surface area contributed by atoms with E-state index < -0.39 is 11.4 Å². The molecule has 0 aliphatic carbocycles. The van der Waals surface area contributed by atoms with Crippen molar-refractivity contribution in [3.63, 3.8) is 0 Å². The van der Waals surface area contributed by atoms with E-state index in [-0.39, 0.29) is 6.42 Å². The molecule has 0 saturated heterocycles. The van der Waals surface area contributed by atoms with Gasteiger partial charge in [0.15, 0.2) is 0 Å². The lowest BCUT2D eigenvalue weighted by atomic mass is 9.80. The number of methoxy groups -OCH3 is 1. The van der Waals surface area contributed by atoms with Crippen LogP contribution < -0.4 is 4.74 Å². The number of carbonyl (C=O) groups is 1. The molecule has 0 amide bonds. The Bertz CT molecular complexity index is 626. The van der Waals surface area contributed by atoms with E-state index in [2.05, 4.69) is 4.98 Å². The summed E-state index contributed by atoms with van der Waals surface area (Å²) in [6, 6.07) is 5.81. The van der Waals surface area contributed by atoms with E-state index in [9.17, 15) is 4.79 Å². The minimum atomic E-state index is -0.785. The third-order valence-electron chi connectivity index (χ3n) is 3.46. The van der Waals surface area contributed by atoms with Crippen molar-refractivity contribution in [2.75, 3.05) is 7.11 Å². The van der Waals surface area contributed by atoms with Gasteiger partial charge in [0.05, 0.1) is 13.5 Å². The van der Waals surface area contributed by atoms with Crippen LogP contribution in [-0.4, -0.2) is 23.2 Å². The van der Waals surface area contributed by atoms with Crippen molar-refractivity contribution < 1.29 is 14.6 Å². The molecule has 0 aliphatic rings. The number of nitrogens with one attached hydrogen (secondary N) is 1. The topological polar surface area (TPSA) is 62.3 Å². The van der Waals surface area contributed by atoms with Gasteiger partial charge in [0.1, 0.15) is 5.75 Å². The van der Waals surface area contributed by atoms with Crippen LogP contribution in [0.1, 0.15) is 31.5 Å². The number of ether oxygens (including phenoxy) is 1. The standard InChI is InChI=1S/C15H19NO3/c1-9-14(15(2,3)8-13(17)18)11-6-5-10(19-4)7-12(11)16-9/h5-7,16H,8H2,1-4H3,(H,17,18). The number of aromatic nitrogens is 1. The molecule has 102 valence electrons. The van der Waals surface area contributed by atoms with E-state index >= 15 is 0 Å². The SMILES string of the molecule is COc1ccc2c(C(C)(C)CC(=O)O)c(C)[nH]c2c1. The Hall–Kier alpha value is -1.97. The summed E-state index contributed by atoms with van der Waals surface area (Å²) in [5, 5.41) is 10.1. The molecule has 19 heavy (non-hydrogen) atoms. The fraction of sp³-hybridized carbons (Fsp3) is 0.400. The van der Waals surface area contributed by atoms with E-state index in [1.165, 1.54) is 0 Å². The quantitative estimate of drug-likeness (QED) is 0.888. The summed E-state index contributed by atoms with van der Waals surface area (Å²) < 4.78 is 5.21. The summed E-state index contributed by atoms with van der Waals surface area (Å²) in [7, 11) is 1.63. The molecule has 0 atom stereocenters. The number of aryl methyl sites for hydroxylation is 1. The Morgan fingerprint density at radius 1 is 1.42 bits per heavy atom. The maximum Gasteiger partial charge on any atom is 0.304 e. The Kier molecular flexibility index (Phi) is 3.27. The highest BCUT2D eigenvalue weighted by Gasteiger charge is 2.29. The third kappa shape index (κ3) is 2.43. The van der Waals surface area contributed by atoms with Crippen LogP contribution in [0.3, 0.4) is 0 Å². The number of benzene rings is 1. The molecular weight excluding hydrogens is 242 g/mol. The molecule has 0 aliphatic heterocycles. The van der Waals surface area contributed by atoms with E-state index in [0.29, 0.717) is 0 Å². The molecular formula is C15H19NO3. The maximum atomic E-state index is 11.0. The van der Waals surface area contributed by atoms with Gasteiger partial charge in [0.25, 0.3) is 0 Å². The minimum Gasteiger partial charge on any atom is -0.497 e. The van der Waals surface area contributed by atoms with Crippen molar-refractivity contribution in [1.82, 2.24) is 4.98 Å². The first-order valence-corrected chi connectivity index (χ1v) is 6.24. The van der Waals surface area contributed by atoms with Gasteiger partial charge in [-0.1, -0.05) is 13.8 Å². The molecule has 4 heteroatoms. The largest absolute Gasteiger partial charge is 0.497 e. The van der Waals surface area contributed by atoms with Gasteiger partial charge in [-0.2, -0.15) is 0 Å². The van der Waals surface area contributed by atoms with Crippen LogP contribution in [0.25, 0.3) is 10.9 Å². The lowest BCUT2D eigenvalue weighted by Crippen LogP contribution is -2.22. The van der Waals surface area contributed by atoms with Gasteiger partial charge < -0.3 is 14.8 Å². The van der Waals surface area contributed by atoms with E-state index in [4.69, 9.17) is 9.84 Å². The Morgan fingerprint density at radius 3 is 2.68 bits per heavy atom. The predicted molar refractivity (Wildman–Crippen MR) is 74.9 cm³/mol. The number of hydrogen-bond donors (Lipinski definition) is 2. The number of aliphatic carboxylic acids is 1. The molecule has 1 heterocycles. The Labute approximate surface area is 112 Å². The normalized spacial score (nSPS) is 11.8. The first-order chi connectivity index (χ1) is 8.85. The lowest BCUT2D eigenvalue weighted by molar-refractivity contribution is -0.138. The van der Waals surface area contributed by atoms with Crippen LogP contribution in [0.15, 0.2) is 18.2 Å². The summed E-state index contributed by atoms with van der Waals surface area (Å²) in [4.78, 5) is 14.3. The van der Waals surface area contributed by atoms with Gasteiger partial charge >= 0.3 is 5.97 Å². The number of aromatic amines is 1. The third-order valence-corrected chi connectivity index (χ3v) is 3.46. The van der Waals surface area contributed by atoms with Crippen LogP contribution in [0, 0.1) is 6.92 Å². The van der Waals surface area contributed by atoms with Crippen LogP contribution in [0.2, 0.25) is 0 Å². The number of carboxylic acids is 1. The van der Waals surface area contributed by atoms with Crippen molar-refractivity contribution in [2.24, 2.45) is 0 Å². The first kappa shape index (κ1) is 13.5. The van der Waals surface area contributed by atoms with Crippen molar-refractivity contribution >= 4 is 16.9 Å². The molecule has 0 spiro atoms. The molecule has 0 bridgehead atoms. The molecule has 0 saturated carbocycles. The van der Waals surface area contributed by atoms with Gasteiger partial charge in [0, 0.05) is 28.1 Å². The number of carboxylic acid groups (broad SMARTS) is 1. The fourth-order valence-electron chi connectivity index (χ4n) is 2.78. The Morgan fingerprint density at radius 2 is 2.11 bits per heavy atom. The van der Waals surface area contributed by atoms with Crippen molar-refractivity contribution in [3.8, 4) is 5.75 Å². The number of fused-ring (bicyclic) bond motifs is 1. The maximum absolute atomic E-state index is 11.0. The van der Waals surface area contributed by atoms with Crippen molar-refractivity contribution in [3.05, 3.63) is 29.5 Å². The molecule has 2 N–H and O–H groups in total. The van der Waals surface area contributed by atoms with Gasteiger partial charge in [-0.25, -0.2) is 0 Å². The highest BCUT2D eigenvalue weighted by molar-refractivity contribution is 5.87. The zero-order valence-electron chi connectivity index (χ0n) is 11.7. The lowest BCUT2D eigenvalue weighted by Gasteiger charge is -2.23. The van der Waals surface area contributed by atoms with Crippen LogP contribution >= 0.6 is 0 Å². The monoisotopic (exact) mass is 261 g/mol. The van der Waals surface area contributed by atoms with Crippen LogP contribution in [0.5, 0.6) is 5.75 Å². The highest BCUT2D eigenvalue weighted by Crippen LogP contribution is 2.36. The van der Waals surface area contributed by atoms with Crippen molar-refractivity contribution in [2.45, 2.75) is 32.6 Å². The summed E-state index contributed by atoms with van der Waals surface area (Å²) in [6.45, 7) is 5.90. The average molecular weight is 261 g/mol. The second-order valence-electron chi connectivity index (χ2n) is 5.49. The molecule has 0 unspecified atom stereocenters. The molecule has 0 radical (unpaired) electrons. The van der Waals surface area contributed by atoms with Gasteiger partial charge in [-0.3, -0.25) is 4.79 Å². The molecule has 0 fully saturated rings. The number of hydrogen-bond acceptors (Lipinski definition) is 2. The summed E-state index contributed by atoms with van der Waals surface area (Å²) >= 11 is 0. The van der Waals surface area contributed by atoms with Gasteiger partial charge in [-0.15, -0.1) is 0 Å². The molecule has 1 aromatic carbocycles. The minimum absolute atomic E-state index is 0.104. The zero-order valence-corrected chi connectivity index (χ0v) is 11.7. The van der Waals surface area contributed by atoms with E-state index in [0.717, 1.165) is 27.9 Å². The first-order valence-electron chi connectivity index (χ1n) is 6.24. The molecule has 4 nitrogen and oxygen atoms in total. The summed E-state index contributed by atoms with van der Waals surface area (Å²) in [6.07, 6.45) is 0.104. The highest BCUT2D eigenvalue weighted by atomic mass is 16.5. The van der Waals surface area contributed by atoms with E-state index in [1.807, 2.05) is 39.0 Å². The Balaban J connectivity index is 2.60. The van der Waals surface area contributed by atoms with Crippen LogP contribution in [-0.2, 0) is 10.2 Å². The summed E-state index contributed by atoms with van der Waals surface area (Å²) in [5.41, 5.74) is 2.63. The van der Waals surface area contributed by atoms with Gasteiger partial charge in [0.2, 0.25) is 0 Å². The second-order valence-corrected chi connectivity index (χ2v) is 5.49. The van der Waals surface area contributed by atoms with Crippen LogP contribution in [0.4, 0.5) is 0 Å². The summed E-state index contributed by atoms with van der Waals surface area (Å²) in [5.74, 6) is 0.00334. The number of H-pyrrole nitrogens is 1. The molecule has 2 rings (SSSR count). The molecule has 1 aromatic heterocycles. The van der Waals surface area contributed by atoms with Gasteiger partial charge in [-0.05, 0) is 24.6 Å². The van der Waals surface area contributed by atoms with E-state index in [1.54, 1.807) is 7.11 Å². The zero-order chi connectivity index (χ0) is 14.2. The predicted octanol–water partition coefficient (Wildman–Crippen LogP) is 3.24. The second kappa shape index (κ2) is 4.61. The smallest absolute Gasteiger partial charge is 0.304 e. The molecule has 2 aromatic rings. The number of rotatable bonds is 4. The fourth-order valence-corrected chi connectivity index (χ4v) is 2.78. The average Bonchev–Trinajstić information content (AvgIpc) is 2.62. The van der Waals surface area contributed by atoms with Crippen molar-refractivity contribution in [1.29, 1.82) is 0 Å².